The SMILES string of the molecule is CN1CCN(c2ccc(Cl)c(O[C@H]3c4cc(Cl)cc(F)c4C[C@@H]3N3CCC(O)C3)c2)C1=O. The van der Waals surface area contributed by atoms with E-state index in [4.69, 9.17) is 27.9 Å². The Labute approximate surface area is 196 Å². The van der Waals surface area contributed by atoms with Crippen molar-refractivity contribution in [2.24, 2.45) is 0 Å². The number of rotatable bonds is 4. The molecule has 1 aliphatic carbocycles. The molecular weight excluding hydrogens is 456 g/mol. The zero-order valence-electron chi connectivity index (χ0n) is 17.6. The van der Waals surface area contributed by atoms with Gasteiger partial charge in [0.2, 0.25) is 0 Å². The Hall–Kier alpha value is -2.06. The van der Waals surface area contributed by atoms with E-state index in [0.717, 1.165) is 0 Å². The molecule has 2 aliphatic heterocycles. The van der Waals surface area contributed by atoms with Crippen LogP contribution in [-0.4, -0.2) is 66.3 Å². The summed E-state index contributed by atoms with van der Waals surface area (Å²) in [5, 5.41) is 10.8. The van der Waals surface area contributed by atoms with Crippen molar-refractivity contribution in [3.8, 4) is 5.75 Å². The molecule has 1 N–H and O–H groups in total. The van der Waals surface area contributed by atoms with Crippen LogP contribution in [0, 0.1) is 5.82 Å². The number of carbonyl (C=O) groups is 1. The molecule has 6 nitrogen and oxygen atoms in total. The van der Waals surface area contributed by atoms with E-state index in [1.54, 1.807) is 41.1 Å². The number of fused-ring (bicyclic) bond motifs is 1. The fourth-order valence-corrected chi connectivity index (χ4v) is 5.30. The number of likely N-dealkylation sites (N-methyl/N-ethyl adjacent to an activating group) is 1. The van der Waals surface area contributed by atoms with E-state index in [1.165, 1.54) is 6.07 Å². The van der Waals surface area contributed by atoms with Crippen molar-refractivity contribution >= 4 is 34.9 Å². The number of aliphatic hydroxyl groups excluding tert-OH is 1. The first-order chi connectivity index (χ1) is 15.3. The number of anilines is 1. The second kappa shape index (κ2) is 8.37. The Morgan fingerprint density at radius 3 is 2.66 bits per heavy atom. The number of carbonyl (C=O) groups excluding carboxylic acids is 1. The largest absolute Gasteiger partial charge is 0.482 e. The highest BCUT2D eigenvalue weighted by Gasteiger charge is 2.42. The Kier molecular flexibility index (Phi) is 5.70. The van der Waals surface area contributed by atoms with Crippen LogP contribution in [0.15, 0.2) is 30.3 Å². The summed E-state index contributed by atoms with van der Waals surface area (Å²) in [6, 6.07) is 8.08. The first-order valence-electron chi connectivity index (χ1n) is 10.7. The Bertz CT molecular complexity index is 1070. The van der Waals surface area contributed by atoms with E-state index in [0.29, 0.717) is 71.6 Å². The van der Waals surface area contributed by atoms with Crippen LogP contribution < -0.4 is 9.64 Å². The van der Waals surface area contributed by atoms with Gasteiger partial charge in [-0.1, -0.05) is 23.2 Å². The normalized spacial score (nSPS) is 25.7. The van der Waals surface area contributed by atoms with E-state index >= 15 is 0 Å². The molecule has 2 saturated heterocycles. The topological polar surface area (TPSA) is 56.3 Å². The number of amides is 2. The second-order valence-corrected chi connectivity index (χ2v) is 9.52. The molecule has 0 aromatic heterocycles. The van der Waals surface area contributed by atoms with Crippen LogP contribution in [0.25, 0.3) is 0 Å². The molecule has 3 aliphatic rings. The summed E-state index contributed by atoms with van der Waals surface area (Å²) < 4.78 is 21.2. The fraction of sp³-hybridized carbons (Fsp3) is 0.435. The maximum atomic E-state index is 14.7. The van der Waals surface area contributed by atoms with Gasteiger partial charge in [0.25, 0.3) is 0 Å². The van der Waals surface area contributed by atoms with Crippen molar-refractivity contribution in [2.45, 2.75) is 31.1 Å². The van der Waals surface area contributed by atoms with Gasteiger partial charge >= 0.3 is 6.03 Å². The van der Waals surface area contributed by atoms with Gasteiger partial charge in [0.05, 0.1) is 17.2 Å². The number of hydrogen-bond acceptors (Lipinski definition) is 4. The number of ether oxygens (including phenoxy) is 1. The van der Waals surface area contributed by atoms with Crippen LogP contribution in [-0.2, 0) is 6.42 Å². The molecule has 0 radical (unpaired) electrons. The molecule has 0 spiro atoms. The third-order valence-electron chi connectivity index (χ3n) is 6.62. The van der Waals surface area contributed by atoms with Gasteiger partial charge in [-0.15, -0.1) is 0 Å². The summed E-state index contributed by atoms with van der Waals surface area (Å²) in [6.45, 7) is 2.44. The molecule has 2 amide bonds. The van der Waals surface area contributed by atoms with Gasteiger partial charge in [-0.25, -0.2) is 9.18 Å². The van der Waals surface area contributed by atoms with Gasteiger partial charge in [0.1, 0.15) is 17.7 Å². The maximum Gasteiger partial charge on any atom is 0.324 e. The molecule has 170 valence electrons. The molecule has 2 heterocycles. The minimum atomic E-state index is -0.506. The zero-order valence-corrected chi connectivity index (χ0v) is 19.1. The van der Waals surface area contributed by atoms with E-state index in [2.05, 4.69) is 4.90 Å². The lowest BCUT2D eigenvalue weighted by Crippen LogP contribution is -2.39. The smallest absolute Gasteiger partial charge is 0.324 e. The van der Waals surface area contributed by atoms with Gasteiger partial charge in [-0.05, 0) is 42.7 Å². The second-order valence-electron chi connectivity index (χ2n) is 8.67. The van der Waals surface area contributed by atoms with Crippen molar-refractivity contribution in [3.05, 3.63) is 57.3 Å². The Balaban J connectivity index is 1.50. The summed E-state index contributed by atoms with van der Waals surface area (Å²) in [5.41, 5.74) is 1.97. The molecule has 32 heavy (non-hydrogen) atoms. The number of likely N-dealkylation sites (tertiary alicyclic amines) is 1. The quantitative estimate of drug-likeness (QED) is 0.716. The average molecular weight is 480 g/mol. The molecule has 2 aromatic carbocycles. The molecule has 0 saturated carbocycles. The molecule has 1 unspecified atom stereocenters. The minimum Gasteiger partial charge on any atom is -0.482 e. The van der Waals surface area contributed by atoms with E-state index in [-0.39, 0.29) is 17.9 Å². The summed E-state index contributed by atoms with van der Waals surface area (Å²) in [4.78, 5) is 17.9. The number of aliphatic hydroxyl groups is 1. The number of hydrogen-bond donors (Lipinski definition) is 1. The van der Waals surface area contributed by atoms with Crippen LogP contribution in [0.2, 0.25) is 10.0 Å². The molecule has 2 aromatic rings. The molecule has 3 atom stereocenters. The highest BCUT2D eigenvalue weighted by molar-refractivity contribution is 6.32. The molecule has 9 heteroatoms. The van der Waals surface area contributed by atoms with E-state index < -0.39 is 12.2 Å². The van der Waals surface area contributed by atoms with Crippen LogP contribution in [0.4, 0.5) is 14.9 Å². The number of nitrogens with zero attached hydrogens (tertiary/aromatic N) is 3. The predicted molar refractivity (Wildman–Crippen MR) is 121 cm³/mol. The Morgan fingerprint density at radius 1 is 1.16 bits per heavy atom. The van der Waals surface area contributed by atoms with Gasteiger partial charge in [0.15, 0.2) is 0 Å². The third kappa shape index (κ3) is 3.81. The lowest BCUT2D eigenvalue weighted by molar-refractivity contribution is 0.0819. The molecule has 0 bridgehead atoms. The van der Waals surface area contributed by atoms with Gasteiger partial charge in [-0.3, -0.25) is 9.80 Å². The van der Waals surface area contributed by atoms with Crippen LogP contribution >= 0.6 is 23.2 Å². The highest BCUT2D eigenvalue weighted by atomic mass is 35.5. The highest BCUT2D eigenvalue weighted by Crippen LogP contribution is 2.43. The van der Waals surface area contributed by atoms with Crippen LogP contribution in [0.3, 0.4) is 0 Å². The van der Waals surface area contributed by atoms with Crippen molar-refractivity contribution in [1.82, 2.24) is 9.80 Å². The van der Waals surface area contributed by atoms with Crippen molar-refractivity contribution in [1.29, 1.82) is 0 Å². The number of β-amino-alcohol motifs (C(OH)–C–C–N with tert-alkyl or cyclic N) is 1. The Morgan fingerprint density at radius 2 is 1.97 bits per heavy atom. The number of urea groups is 1. The average Bonchev–Trinajstić information content (AvgIpc) is 3.42. The molecule has 5 rings (SSSR count). The zero-order chi connectivity index (χ0) is 22.6. The van der Waals surface area contributed by atoms with Crippen molar-refractivity contribution in [3.63, 3.8) is 0 Å². The summed E-state index contributed by atoms with van der Waals surface area (Å²) >= 11 is 12.6. The van der Waals surface area contributed by atoms with Gasteiger partial charge in [-0.2, -0.15) is 0 Å². The minimum absolute atomic E-state index is 0.0812. The van der Waals surface area contributed by atoms with Crippen LogP contribution in [0.5, 0.6) is 5.75 Å². The number of benzene rings is 2. The molecule has 2 fully saturated rings. The lowest BCUT2D eigenvalue weighted by Gasteiger charge is -2.30. The first kappa shape index (κ1) is 21.8. The molecular formula is C23H24Cl2FN3O3. The van der Waals surface area contributed by atoms with E-state index in [9.17, 15) is 14.3 Å². The fourth-order valence-electron chi connectivity index (χ4n) is 4.92. The standard InChI is InChI=1S/C23H24Cl2FN3O3/c1-27-6-7-29(23(27)31)14-2-3-18(25)21(10-14)32-22-17-8-13(24)9-19(26)16(17)11-20(22)28-5-4-15(30)12-28/h2-3,8-10,15,20,22,30H,4-7,11-12H2,1H3/t15?,20-,22-/m0/s1. The third-order valence-corrected chi connectivity index (χ3v) is 7.16. The van der Waals surface area contributed by atoms with Gasteiger partial charge in [0, 0.05) is 55.6 Å². The lowest BCUT2D eigenvalue weighted by atomic mass is 10.1. The summed E-state index contributed by atoms with van der Waals surface area (Å²) in [5.74, 6) is 0.0726. The van der Waals surface area contributed by atoms with Crippen LogP contribution in [0.1, 0.15) is 23.7 Å². The predicted octanol–water partition coefficient (Wildman–Crippen LogP) is 4.12. The number of halogens is 3. The van der Waals surface area contributed by atoms with Crippen molar-refractivity contribution < 1.29 is 19.0 Å². The van der Waals surface area contributed by atoms with E-state index in [1.807, 2.05) is 0 Å². The van der Waals surface area contributed by atoms with Crippen molar-refractivity contribution in [2.75, 3.05) is 38.1 Å². The monoisotopic (exact) mass is 479 g/mol. The summed E-state index contributed by atoms with van der Waals surface area (Å²) in [7, 11) is 1.76. The van der Waals surface area contributed by atoms with Gasteiger partial charge < -0.3 is 14.7 Å². The maximum absolute atomic E-state index is 14.7. The summed E-state index contributed by atoms with van der Waals surface area (Å²) in [6.07, 6.45) is 0.220. The first-order valence-corrected chi connectivity index (χ1v) is 11.5.